The molecular formula is C20H22N4O2. The summed E-state index contributed by atoms with van der Waals surface area (Å²) in [5.74, 6) is 0.268. The van der Waals surface area contributed by atoms with Gasteiger partial charge in [0.25, 0.3) is 0 Å². The van der Waals surface area contributed by atoms with Crippen LogP contribution in [0.2, 0.25) is 0 Å². The first-order chi connectivity index (χ1) is 12.7. The van der Waals surface area contributed by atoms with E-state index in [9.17, 15) is 10.2 Å². The second-order valence-electron chi connectivity index (χ2n) is 6.39. The number of guanidine groups is 1. The Morgan fingerprint density at radius 2 is 1.50 bits per heavy atom. The van der Waals surface area contributed by atoms with Gasteiger partial charge in [0, 0.05) is 0 Å². The van der Waals surface area contributed by atoms with Crippen molar-refractivity contribution in [2.75, 3.05) is 0 Å². The van der Waals surface area contributed by atoms with Gasteiger partial charge in [-0.3, -0.25) is 5.32 Å². The fraction of sp³-hybridized carbons (Fsp3) is 0.300. The van der Waals surface area contributed by atoms with Crippen LogP contribution in [0.3, 0.4) is 0 Å². The number of nitrogens with zero attached hydrogens (tertiary/aromatic N) is 2. The molecule has 1 heterocycles. The van der Waals surface area contributed by atoms with Crippen molar-refractivity contribution < 1.29 is 10.2 Å². The monoisotopic (exact) mass is 350 g/mol. The van der Waals surface area contributed by atoms with Gasteiger partial charge in [-0.1, -0.05) is 60.7 Å². The van der Waals surface area contributed by atoms with Crippen LogP contribution < -0.4 is 10.6 Å². The van der Waals surface area contributed by atoms with E-state index in [1.165, 1.54) is 0 Å². The van der Waals surface area contributed by atoms with Gasteiger partial charge < -0.3 is 15.5 Å². The van der Waals surface area contributed by atoms with Crippen LogP contribution in [0.15, 0.2) is 65.7 Å². The van der Waals surface area contributed by atoms with Crippen molar-refractivity contribution in [1.82, 2.24) is 10.6 Å². The molecule has 1 aliphatic rings. The predicted octanol–water partition coefficient (Wildman–Crippen LogP) is 0.961. The first kappa shape index (κ1) is 17.9. The van der Waals surface area contributed by atoms with Crippen molar-refractivity contribution in [2.45, 2.75) is 37.1 Å². The molecule has 4 N–H and O–H groups in total. The maximum Gasteiger partial charge on any atom is 0.205 e. The molecule has 0 bridgehead atoms. The lowest BCUT2D eigenvalue weighted by Gasteiger charge is -2.27. The van der Waals surface area contributed by atoms with E-state index in [-0.39, 0.29) is 5.96 Å². The van der Waals surface area contributed by atoms with Crippen molar-refractivity contribution in [3.05, 3.63) is 71.8 Å². The summed E-state index contributed by atoms with van der Waals surface area (Å²) in [7, 11) is 0. The van der Waals surface area contributed by atoms with E-state index in [1.54, 1.807) is 0 Å². The smallest absolute Gasteiger partial charge is 0.205 e. The van der Waals surface area contributed by atoms with Crippen molar-refractivity contribution in [2.24, 2.45) is 4.99 Å². The van der Waals surface area contributed by atoms with Gasteiger partial charge in [0.05, 0.1) is 12.1 Å². The van der Waals surface area contributed by atoms with Crippen molar-refractivity contribution >= 4 is 5.96 Å². The van der Waals surface area contributed by atoms with E-state index in [1.807, 2.05) is 66.9 Å². The molecule has 0 amide bonds. The molecule has 6 nitrogen and oxygen atoms in total. The molecule has 4 unspecified atom stereocenters. The maximum atomic E-state index is 10.7. The van der Waals surface area contributed by atoms with Crippen LogP contribution in [0.4, 0.5) is 0 Å². The Morgan fingerprint density at radius 3 is 2.08 bits per heavy atom. The highest BCUT2D eigenvalue weighted by atomic mass is 16.3. The van der Waals surface area contributed by atoms with Crippen molar-refractivity contribution in [3.8, 4) is 6.19 Å². The van der Waals surface area contributed by atoms with E-state index in [2.05, 4.69) is 15.6 Å². The lowest BCUT2D eigenvalue weighted by Crippen LogP contribution is -2.51. The molecule has 0 saturated carbocycles. The molecule has 1 aliphatic heterocycles. The first-order valence-electron chi connectivity index (χ1n) is 8.61. The minimum atomic E-state index is -1.05. The van der Waals surface area contributed by atoms with Crippen LogP contribution >= 0.6 is 0 Å². The number of rotatable bonds is 4. The van der Waals surface area contributed by atoms with Gasteiger partial charge in [-0.25, -0.2) is 4.99 Å². The Hall–Kier alpha value is -2.88. The minimum absolute atomic E-state index is 0.268. The van der Waals surface area contributed by atoms with Crippen molar-refractivity contribution in [3.63, 3.8) is 0 Å². The molecule has 0 fully saturated rings. The van der Waals surface area contributed by atoms with Crippen LogP contribution in [-0.4, -0.2) is 40.5 Å². The number of aliphatic hydroxyl groups is 2. The standard InChI is InChI=1S/C20H22N4O2/c21-13-22-20-23-16(11-14-7-3-1-4-8-14)18(25)19(26)17(24-20)12-15-9-5-2-6-10-15/h1-10,16-19,25-26H,11-12H2,(H2,22,23,24). The Morgan fingerprint density at radius 1 is 0.923 bits per heavy atom. The van der Waals surface area contributed by atoms with Crippen molar-refractivity contribution in [1.29, 1.82) is 5.26 Å². The van der Waals surface area contributed by atoms with Gasteiger partial charge in [0.1, 0.15) is 12.2 Å². The Labute approximate surface area is 152 Å². The number of benzene rings is 2. The number of aliphatic hydroxyl groups excluding tert-OH is 2. The van der Waals surface area contributed by atoms with E-state index < -0.39 is 24.3 Å². The number of hydrogen-bond donors (Lipinski definition) is 4. The lowest BCUT2D eigenvalue weighted by molar-refractivity contribution is -0.00964. The number of nitriles is 1. The first-order valence-corrected chi connectivity index (χ1v) is 8.61. The van der Waals surface area contributed by atoms with Gasteiger partial charge in [0.15, 0.2) is 6.19 Å². The summed E-state index contributed by atoms with van der Waals surface area (Å²) in [6.07, 6.45) is 0.759. The molecule has 2 aromatic carbocycles. The summed E-state index contributed by atoms with van der Waals surface area (Å²) in [4.78, 5) is 4.45. The second kappa shape index (κ2) is 8.48. The van der Waals surface area contributed by atoms with Crippen LogP contribution in [-0.2, 0) is 12.8 Å². The molecule has 134 valence electrons. The number of aliphatic imine (C=N–C) groups is 1. The largest absolute Gasteiger partial charge is 0.388 e. The van der Waals surface area contributed by atoms with E-state index >= 15 is 0 Å². The summed E-state index contributed by atoms with van der Waals surface area (Å²) in [5, 5.41) is 36.0. The highest BCUT2D eigenvalue weighted by Crippen LogP contribution is 2.19. The minimum Gasteiger partial charge on any atom is -0.388 e. The van der Waals surface area contributed by atoms with Crippen LogP contribution in [0, 0.1) is 11.5 Å². The SMILES string of the molecule is N#CNC1=NC(Cc2ccccc2)C(O)C(O)C(Cc2ccccc2)N1. The summed E-state index contributed by atoms with van der Waals surface area (Å²) in [5.41, 5.74) is 2.03. The number of nitrogens with one attached hydrogen (secondary N) is 2. The van der Waals surface area contributed by atoms with Gasteiger partial charge in [-0.15, -0.1) is 0 Å². The molecule has 0 spiro atoms. The van der Waals surface area contributed by atoms with Crippen LogP contribution in [0.25, 0.3) is 0 Å². The third-order valence-electron chi connectivity index (χ3n) is 4.53. The molecule has 0 saturated heterocycles. The molecule has 6 heteroatoms. The summed E-state index contributed by atoms with van der Waals surface area (Å²) < 4.78 is 0. The average Bonchev–Trinajstić information content (AvgIpc) is 2.76. The Balaban J connectivity index is 1.82. The zero-order valence-corrected chi connectivity index (χ0v) is 14.3. The Kier molecular flexibility index (Phi) is 5.84. The molecule has 0 aliphatic carbocycles. The van der Waals surface area contributed by atoms with Crippen LogP contribution in [0.5, 0.6) is 0 Å². The van der Waals surface area contributed by atoms with Crippen LogP contribution in [0.1, 0.15) is 11.1 Å². The molecule has 4 atom stereocenters. The Bertz CT molecular complexity index is 773. The summed E-state index contributed by atoms with van der Waals surface area (Å²) >= 11 is 0. The van der Waals surface area contributed by atoms with Gasteiger partial charge in [-0.05, 0) is 24.0 Å². The number of hydrogen-bond acceptors (Lipinski definition) is 6. The lowest BCUT2D eigenvalue weighted by atomic mass is 9.92. The highest BCUT2D eigenvalue weighted by Gasteiger charge is 2.36. The quantitative estimate of drug-likeness (QED) is 0.486. The summed E-state index contributed by atoms with van der Waals surface area (Å²) in [6.45, 7) is 0. The summed E-state index contributed by atoms with van der Waals surface area (Å²) in [6, 6.07) is 18.3. The second-order valence-corrected chi connectivity index (χ2v) is 6.39. The normalized spacial score (nSPS) is 25.3. The van der Waals surface area contributed by atoms with Gasteiger partial charge in [0.2, 0.25) is 5.96 Å². The highest BCUT2D eigenvalue weighted by molar-refractivity contribution is 5.82. The predicted molar refractivity (Wildman–Crippen MR) is 99.2 cm³/mol. The molecule has 3 rings (SSSR count). The third-order valence-corrected chi connectivity index (χ3v) is 4.53. The zero-order chi connectivity index (χ0) is 18.4. The van der Waals surface area contributed by atoms with E-state index in [0.717, 1.165) is 11.1 Å². The third kappa shape index (κ3) is 4.39. The topological polar surface area (TPSA) is 101 Å². The van der Waals surface area contributed by atoms with E-state index in [0.29, 0.717) is 12.8 Å². The van der Waals surface area contributed by atoms with Gasteiger partial charge in [-0.2, -0.15) is 5.26 Å². The molecular weight excluding hydrogens is 328 g/mol. The fourth-order valence-corrected chi connectivity index (χ4v) is 3.19. The van der Waals surface area contributed by atoms with Gasteiger partial charge >= 0.3 is 0 Å². The maximum absolute atomic E-state index is 10.7. The zero-order valence-electron chi connectivity index (χ0n) is 14.3. The molecule has 26 heavy (non-hydrogen) atoms. The molecule has 0 radical (unpaired) electrons. The van der Waals surface area contributed by atoms with E-state index in [4.69, 9.17) is 5.26 Å². The molecule has 2 aromatic rings. The molecule has 0 aromatic heterocycles. The average molecular weight is 350 g/mol. The fourth-order valence-electron chi connectivity index (χ4n) is 3.19.